The number of carbonyl (C=O) groups is 1. The highest BCUT2D eigenvalue weighted by molar-refractivity contribution is 7.80. The number of ether oxygens (including phenoxy) is 2. The fourth-order valence-electron chi connectivity index (χ4n) is 3.39. The van der Waals surface area contributed by atoms with E-state index in [-0.39, 0.29) is 5.56 Å². The van der Waals surface area contributed by atoms with Gasteiger partial charge in [0.05, 0.1) is 20.3 Å². The van der Waals surface area contributed by atoms with Gasteiger partial charge in [0.15, 0.2) is 10.9 Å². The lowest BCUT2D eigenvalue weighted by atomic mass is 9.77. The van der Waals surface area contributed by atoms with Crippen LogP contribution in [0.15, 0.2) is 48.5 Å². The number of aliphatic hydroxyl groups is 1. The quantitative estimate of drug-likeness (QED) is 0.487. The van der Waals surface area contributed by atoms with Crippen LogP contribution in [0, 0.1) is 5.92 Å². The summed E-state index contributed by atoms with van der Waals surface area (Å²) in [5.41, 5.74) is -3.30. The van der Waals surface area contributed by atoms with Crippen LogP contribution in [0.2, 0.25) is 0 Å². The summed E-state index contributed by atoms with van der Waals surface area (Å²) in [6.07, 6.45) is -5.19. The Morgan fingerprint density at radius 1 is 1.10 bits per heavy atom. The highest BCUT2D eigenvalue weighted by Crippen LogP contribution is 2.44. The first-order valence-corrected chi connectivity index (χ1v) is 9.21. The number of carbonyl (C=O) groups excluding carboxylic acids is 1. The molecule has 1 saturated heterocycles. The molecule has 1 fully saturated rings. The number of rotatable bonds is 5. The zero-order chi connectivity index (χ0) is 22.1. The van der Waals surface area contributed by atoms with Gasteiger partial charge in [-0.1, -0.05) is 12.1 Å². The first-order chi connectivity index (χ1) is 14.1. The molecule has 0 spiro atoms. The van der Waals surface area contributed by atoms with Crippen molar-refractivity contribution in [2.75, 3.05) is 14.2 Å². The minimum atomic E-state index is -5.19. The Morgan fingerprint density at radius 2 is 1.73 bits per heavy atom. The highest BCUT2D eigenvalue weighted by atomic mass is 32.1. The molecule has 0 radical (unpaired) electrons. The molecular formula is C20H19F3N2O4S. The molecule has 3 N–H and O–H groups in total. The Labute approximate surface area is 176 Å². The summed E-state index contributed by atoms with van der Waals surface area (Å²) in [6, 6.07) is 10.5. The monoisotopic (exact) mass is 440 g/mol. The third kappa shape index (κ3) is 3.92. The second kappa shape index (κ2) is 8.11. The van der Waals surface area contributed by atoms with E-state index in [0.29, 0.717) is 17.1 Å². The third-order valence-corrected chi connectivity index (χ3v) is 5.14. The van der Waals surface area contributed by atoms with E-state index in [9.17, 15) is 23.1 Å². The van der Waals surface area contributed by atoms with Gasteiger partial charge < -0.3 is 25.2 Å². The Kier molecular flexibility index (Phi) is 5.91. The van der Waals surface area contributed by atoms with E-state index in [2.05, 4.69) is 5.32 Å². The van der Waals surface area contributed by atoms with Gasteiger partial charge in [0.25, 0.3) is 0 Å². The molecule has 1 aliphatic rings. The Balaban J connectivity index is 2.14. The second-order valence-electron chi connectivity index (χ2n) is 6.69. The summed E-state index contributed by atoms with van der Waals surface area (Å²) in [6.45, 7) is 0. The number of nitrogens with one attached hydrogen (secondary N) is 2. The number of ketones is 1. The molecule has 0 saturated carbocycles. The molecule has 30 heavy (non-hydrogen) atoms. The molecule has 0 amide bonds. The molecule has 0 aliphatic carbocycles. The van der Waals surface area contributed by atoms with Gasteiger partial charge in [0, 0.05) is 5.56 Å². The van der Waals surface area contributed by atoms with Crippen molar-refractivity contribution < 1.29 is 32.5 Å². The van der Waals surface area contributed by atoms with Gasteiger partial charge in [-0.25, -0.2) is 0 Å². The van der Waals surface area contributed by atoms with Crippen LogP contribution in [0.1, 0.15) is 22.0 Å². The van der Waals surface area contributed by atoms with Crippen LogP contribution in [0.25, 0.3) is 0 Å². The van der Waals surface area contributed by atoms with Crippen LogP contribution < -0.4 is 20.1 Å². The minimum Gasteiger partial charge on any atom is -0.497 e. The molecule has 1 heterocycles. The zero-order valence-electron chi connectivity index (χ0n) is 16.0. The van der Waals surface area contributed by atoms with Gasteiger partial charge in [0.2, 0.25) is 5.72 Å². The number of benzene rings is 2. The van der Waals surface area contributed by atoms with Crippen molar-refractivity contribution in [2.24, 2.45) is 5.92 Å². The molecule has 0 bridgehead atoms. The summed E-state index contributed by atoms with van der Waals surface area (Å²) in [5, 5.41) is 14.8. The summed E-state index contributed by atoms with van der Waals surface area (Å²) >= 11 is 4.91. The van der Waals surface area contributed by atoms with Crippen molar-refractivity contribution in [3.8, 4) is 11.5 Å². The molecule has 3 rings (SSSR count). The normalized spacial score (nSPS) is 23.9. The predicted molar refractivity (Wildman–Crippen MR) is 106 cm³/mol. The van der Waals surface area contributed by atoms with Crippen molar-refractivity contribution in [1.82, 2.24) is 10.6 Å². The van der Waals surface area contributed by atoms with Gasteiger partial charge in [-0.2, -0.15) is 13.2 Å². The lowest BCUT2D eigenvalue weighted by Crippen LogP contribution is -2.72. The average Bonchev–Trinajstić information content (AvgIpc) is 2.72. The van der Waals surface area contributed by atoms with Crippen molar-refractivity contribution in [3.63, 3.8) is 0 Å². The summed E-state index contributed by atoms with van der Waals surface area (Å²) in [5.74, 6) is -2.09. The molecule has 6 nitrogen and oxygen atoms in total. The number of thiocarbonyl (C=S) groups is 1. The van der Waals surface area contributed by atoms with E-state index >= 15 is 0 Å². The Hall–Kier alpha value is -2.85. The SMILES string of the molecule is COc1ccc(C(=O)C2C(c3cccc(OC)c3)NC(=S)NC2(O)C(F)(F)F)cc1. The Morgan fingerprint density at radius 3 is 2.30 bits per heavy atom. The lowest BCUT2D eigenvalue weighted by Gasteiger charge is -2.46. The molecule has 160 valence electrons. The minimum absolute atomic E-state index is 0.0206. The summed E-state index contributed by atoms with van der Waals surface area (Å²) in [4.78, 5) is 13.3. The molecular weight excluding hydrogens is 421 g/mol. The maximum Gasteiger partial charge on any atom is 0.437 e. The smallest absolute Gasteiger partial charge is 0.437 e. The van der Waals surface area contributed by atoms with E-state index < -0.39 is 34.8 Å². The van der Waals surface area contributed by atoms with Crippen LogP contribution in [0.5, 0.6) is 11.5 Å². The molecule has 3 atom stereocenters. The number of hydrogen-bond acceptors (Lipinski definition) is 5. The van der Waals surface area contributed by atoms with Gasteiger partial charge >= 0.3 is 6.18 Å². The van der Waals surface area contributed by atoms with E-state index in [1.54, 1.807) is 12.1 Å². The van der Waals surface area contributed by atoms with Crippen LogP contribution in [-0.4, -0.2) is 42.1 Å². The Bertz CT molecular complexity index is 952. The molecule has 3 unspecified atom stereocenters. The molecule has 2 aromatic rings. The van der Waals surface area contributed by atoms with Gasteiger partial charge in [-0.15, -0.1) is 0 Å². The van der Waals surface area contributed by atoms with Crippen molar-refractivity contribution >= 4 is 23.1 Å². The number of Topliss-reactive ketones (excluding diaryl/α,β-unsaturated/α-hetero) is 1. The van der Waals surface area contributed by atoms with Crippen molar-refractivity contribution in [3.05, 3.63) is 59.7 Å². The maximum atomic E-state index is 14.0. The standard InChI is InChI=1S/C20H19F3N2O4S/c1-28-13-8-6-11(7-9-13)17(26)15-16(12-4-3-5-14(10-12)29-2)24-18(30)25-19(15,27)20(21,22)23/h3-10,15-16,27H,1-2H3,(H2,24,25,30). The largest absolute Gasteiger partial charge is 0.497 e. The zero-order valence-corrected chi connectivity index (χ0v) is 16.8. The first kappa shape index (κ1) is 21.8. The van der Waals surface area contributed by atoms with E-state index in [0.717, 1.165) is 0 Å². The van der Waals surface area contributed by atoms with Gasteiger partial charge in [-0.3, -0.25) is 4.79 Å². The van der Waals surface area contributed by atoms with Gasteiger partial charge in [-0.05, 0) is 54.2 Å². The van der Waals surface area contributed by atoms with Crippen LogP contribution >= 0.6 is 12.2 Å². The van der Waals surface area contributed by atoms with Crippen molar-refractivity contribution in [1.29, 1.82) is 0 Å². The number of halogens is 3. The summed E-state index contributed by atoms with van der Waals surface area (Å²) < 4.78 is 52.1. The highest BCUT2D eigenvalue weighted by Gasteiger charge is 2.65. The van der Waals surface area contributed by atoms with E-state index in [1.165, 1.54) is 50.6 Å². The predicted octanol–water partition coefficient (Wildman–Crippen LogP) is 2.97. The van der Waals surface area contributed by atoms with Gasteiger partial charge in [0.1, 0.15) is 17.4 Å². The van der Waals surface area contributed by atoms with Crippen molar-refractivity contribution in [2.45, 2.75) is 17.9 Å². The molecule has 2 aromatic carbocycles. The third-order valence-electron chi connectivity index (χ3n) is 4.92. The summed E-state index contributed by atoms with van der Waals surface area (Å²) in [7, 11) is 2.83. The fraction of sp³-hybridized carbons (Fsp3) is 0.300. The maximum absolute atomic E-state index is 14.0. The molecule has 10 heteroatoms. The average molecular weight is 440 g/mol. The lowest BCUT2D eigenvalue weighted by molar-refractivity contribution is -0.285. The first-order valence-electron chi connectivity index (χ1n) is 8.80. The second-order valence-corrected chi connectivity index (χ2v) is 7.10. The fourth-order valence-corrected chi connectivity index (χ4v) is 3.67. The van der Waals surface area contributed by atoms with E-state index in [4.69, 9.17) is 21.7 Å². The van der Waals surface area contributed by atoms with Crippen LogP contribution in [0.3, 0.4) is 0 Å². The number of methoxy groups -OCH3 is 2. The van der Waals surface area contributed by atoms with Crippen LogP contribution in [0.4, 0.5) is 13.2 Å². The topological polar surface area (TPSA) is 79.8 Å². The molecule has 1 aliphatic heterocycles. The molecule has 0 aromatic heterocycles. The number of hydrogen-bond donors (Lipinski definition) is 3. The van der Waals surface area contributed by atoms with Crippen LogP contribution in [-0.2, 0) is 0 Å². The van der Waals surface area contributed by atoms with E-state index in [1.807, 2.05) is 5.32 Å². The number of alkyl halides is 3.